The summed E-state index contributed by atoms with van der Waals surface area (Å²) in [6.45, 7) is 16.6. The van der Waals surface area contributed by atoms with Gasteiger partial charge in [-0.15, -0.1) is 11.3 Å². The lowest BCUT2D eigenvalue weighted by Crippen LogP contribution is -2.44. The third-order valence-corrected chi connectivity index (χ3v) is 13.4. The van der Waals surface area contributed by atoms with E-state index in [0.717, 1.165) is 31.8 Å². The lowest BCUT2D eigenvalue weighted by molar-refractivity contribution is -0.118. The maximum absolute atomic E-state index is 13.9. The van der Waals surface area contributed by atoms with E-state index in [2.05, 4.69) is 25.8 Å². The Bertz CT molecular complexity index is 2130. The van der Waals surface area contributed by atoms with Crippen LogP contribution in [0.15, 0.2) is 62.3 Å². The molecule has 1 aromatic carbocycles. The summed E-state index contributed by atoms with van der Waals surface area (Å²) >= 11 is 6.95. The average Bonchev–Trinajstić information content (AvgIpc) is 3.69. The first-order valence-corrected chi connectivity index (χ1v) is 19.5. The number of hydrogen-bond donors (Lipinski definition) is 2. The zero-order chi connectivity index (χ0) is 39.0. The average molecular weight is 788 g/mol. The Morgan fingerprint density at radius 2 is 1.39 bits per heavy atom. The van der Waals surface area contributed by atoms with Crippen LogP contribution in [0.3, 0.4) is 0 Å². The van der Waals surface area contributed by atoms with Gasteiger partial charge in [0, 0.05) is 28.5 Å². The minimum absolute atomic E-state index is 0.0305. The topological polar surface area (TPSA) is 178 Å². The number of carbonyl (C=O) groups is 2. The van der Waals surface area contributed by atoms with Crippen molar-refractivity contribution in [2.75, 3.05) is 10.6 Å². The predicted molar refractivity (Wildman–Crippen MR) is 191 cm³/mol. The number of carbonyl (C=O) groups excluding carboxylic acids is 2. The first kappa shape index (κ1) is 41.6. The zero-order valence-electron chi connectivity index (χ0n) is 29.7. The molecule has 0 aliphatic rings. The Morgan fingerprint density at radius 3 is 1.90 bits per heavy atom. The molecule has 4 aromatic rings. The number of hydrogen-bond acceptors (Lipinski definition) is 11. The largest absolute Gasteiger partial charge is 0.359 e. The minimum atomic E-state index is -4.52. The molecule has 0 bridgehead atoms. The fourth-order valence-electron chi connectivity index (χ4n) is 3.90. The first-order valence-electron chi connectivity index (χ1n) is 15.2. The quantitative estimate of drug-likeness (QED) is 0.175. The molecule has 0 atom stereocenters. The van der Waals surface area contributed by atoms with Crippen LogP contribution < -0.4 is 10.6 Å². The highest BCUT2D eigenvalue weighted by Gasteiger charge is 2.45. The third-order valence-electron chi connectivity index (χ3n) is 7.61. The van der Waals surface area contributed by atoms with E-state index in [1.165, 1.54) is 43.4 Å². The number of pyridine rings is 1. The van der Waals surface area contributed by atoms with Crippen molar-refractivity contribution in [1.29, 1.82) is 0 Å². The molecule has 0 fully saturated rings. The molecule has 3 aromatic heterocycles. The summed E-state index contributed by atoms with van der Waals surface area (Å²) in [7, 11) is -8.47. The molecule has 18 heteroatoms. The van der Waals surface area contributed by atoms with Gasteiger partial charge in [-0.3, -0.25) is 9.59 Å². The van der Waals surface area contributed by atoms with Crippen molar-refractivity contribution in [1.82, 2.24) is 15.1 Å². The molecule has 2 amide bonds. The Morgan fingerprint density at radius 1 is 0.804 bits per heavy atom. The number of amides is 2. The van der Waals surface area contributed by atoms with Gasteiger partial charge in [0.05, 0.1) is 10.6 Å². The van der Waals surface area contributed by atoms with Crippen LogP contribution in [0.5, 0.6) is 0 Å². The summed E-state index contributed by atoms with van der Waals surface area (Å²) in [5.41, 5.74) is 0.313. The summed E-state index contributed by atoms with van der Waals surface area (Å²) in [6, 6.07) is 6.23. The minimum Gasteiger partial charge on any atom is -0.359 e. The van der Waals surface area contributed by atoms with Crippen LogP contribution in [0.2, 0.25) is 5.15 Å². The van der Waals surface area contributed by atoms with Crippen LogP contribution in [-0.2, 0) is 40.1 Å². The Balaban J connectivity index is 0.000000276. The predicted octanol–water partition coefficient (Wildman–Crippen LogP) is 7.12. The Kier molecular flexibility index (Phi) is 12.0. The third kappa shape index (κ3) is 9.17. The van der Waals surface area contributed by atoms with Gasteiger partial charge in [-0.1, -0.05) is 58.3 Å². The SMILES string of the molecule is CC(C)(C)c1cc(NC(=O)C(C)(C)S(=O)(=O)c2cc(F)ccc2F)no1.CC(C)(C)c1csc(NC(=O)C(C)(C)S(=O)(=O)c2ccc(Cl)nc2)n1. The number of nitrogens with one attached hydrogen (secondary N) is 2. The summed E-state index contributed by atoms with van der Waals surface area (Å²) in [5.74, 6) is -3.14. The smallest absolute Gasteiger partial charge is 0.247 e. The molecule has 0 spiro atoms. The molecule has 0 saturated carbocycles. The summed E-state index contributed by atoms with van der Waals surface area (Å²) < 4.78 is 79.7. The van der Waals surface area contributed by atoms with E-state index in [4.69, 9.17) is 16.1 Å². The van der Waals surface area contributed by atoms with Gasteiger partial charge >= 0.3 is 0 Å². The molecule has 4 rings (SSSR count). The summed E-state index contributed by atoms with van der Waals surface area (Å²) in [6.07, 6.45) is 1.15. The van der Waals surface area contributed by atoms with Gasteiger partial charge in [0.25, 0.3) is 0 Å². The second-order valence-corrected chi connectivity index (χ2v) is 20.7. The summed E-state index contributed by atoms with van der Waals surface area (Å²) in [5, 5.41) is 11.0. The van der Waals surface area contributed by atoms with Crippen molar-refractivity contribution in [3.63, 3.8) is 0 Å². The van der Waals surface area contributed by atoms with Crippen molar-refractivity contribution < 1.29 is 39.7 Å². The zero-order valence-corrected chi connectivity index (χ0v) is 32.9. The molecule has 0 unspecified atom stereocenters. The maximum atomic E-state index is 13.9. The van der Waals surface area contributed by atoms with E-state index in [9.17, 15) is 35.2 Å². The van der Waals surface area contributed by atoms with Crippen molar-refractivity contribution >= 4 is 65.4 Å². The molecule has 278 valence electrons. The van der Waals surface area contributed by atoms with Gasteiger partial charge in [-0.2, -0.15) is 0 Å². The number of sulfone groups is 2. The van der Waals surface area contributed by atoms with Gasteiger partial charge in [0.2, 0.25) is 11.8 Å². The number of nitrogens with zero attached hydrogens (tertiary/aromatic N) is 3. The van der Waals surface area contributed by atoms with Gasteiger partial charge in [0.1, 0.15) is 36.9 Å². The molecular weight excluding hydrogens is 748 g/mol. The van der Waals surface area contributed by atoms with E-state index in [0.29, 0.717) is 23.0 Å². The fraction of sp³-hybridized carbons (Fsp3) is 0.424. The number of thiazole rings is 1. The number of benzene rings is 1. The highest BCUT2D eigenvalue weighted by Crippen LogP contribution is 2.32. The molecular formula is C33H40ClF2N5O7S3. The highest BCUT2D eigenvalue weighted by molar-refractivity contribution is 7.94. The number of aromatic nitrogens is 3. The van der Waals surface area contributed by atoms with Crippen LogP contribution in [0.4, 0.5) is 19.7 Å². The van der Waals surface area contributed by atoms with Crippen LogP contribution in [0, 0.1) is 11.6 Å². The molecule has 12 nitrogen and oxygen atoms in total. The van der Waals surface area contributed by atoms with Crippen molar-refractivity contribution in [2.24, 2.45) is 0 Å². The number of halogens is 3. The second kappa shape index (κ2) is 14.7. The van der Waals surface area contributed by atoms with Crippen molar-refractivity contribution in [3.8, 4) is 0 Å². The van der Waals surface area contributed by atoms with E-state index in [-0.39, 0.29) is 26.7 Å². The van der Waals surface area contributed by atoms with Crippen LogP contribution >= 0.6 is 22.9 Å². The molecule has 2 N–H and O–H groups in total. The first-order chi connectivity index (χ1) is 23.1. The molecule has 0 aliphatic carbocycles. The molecule has 0 aliphatic heterocycles. The molecule has 51 heavy (non-hydrogen) atoms. The number of anilines is 2. The second-order valence-electron chi connectivity index (χ2n) is 14.4. The lowest BCUT2D eigenvalue weighted by atomic mass is 9.93. The molecule has 3 heterocycles. The standard InChI is InChI=1S/C17H20F2N2O4S.C16H20ClN3O3S2/c1-16(2,3)13-9-14(21-25-13)20-15(22)17(4,5)26(23,24)12-8-10(18)6-7-11(12)19;1-15(2,3)11-9-24-14(19-11)20-13(21)16(4,5)25(22,23)10-6-7-12(17)18-8-10/h6-9H,1-5H3,(H,20,21,22);6-9H,1-5H3,(H,19,20,21). The fourth-order valence-corrected chi connectivity index (χ4v) is 7.70. The van der Waals surface area contributed by atoms with Gasteiger partial charge in [-0.25, -0.2) is 35.6 Å². The molecule has 0 radical (unpaired) electrons. The molecule has 0 saturated heterocycles. The van der Waals surface area contributed by atoms with Crippen molar-refractivity contribution in [2.45, 2.75) is 99.4 Å². The summed E-state index contributed by atoms with van der Waals surface area (Å²) in [4.78, 5) is 32.3. The maximum Gasteiger partial charge on any atom is 0.247 e. The normalized spacial score (nSPS) is 12.9. The van der Waals surface area contributed by atoms with Gasteiger partial charge < -0.3 is 15.2 Å². The van der Waals surface area contributed by atoms with Crippen LogP contribution in [0.1, 0.15) is 80.7 Å². The Labute approximate surface area is 305 Å². The van der Waals surface area contributed by atoms with E-state index < -0.39 is 57.5 Å². The van der Waals surface area contributed by atoms with Crippen LogP contribution in [-0.4, -0.2) is 53.3 Å². The monoisotopic (exact) mass is 787 g/mol. The van der Waals surface area contributed by atoms with E-state index >= 15 is 0 Å². The number of rotatable bonds is 8. The van der Waals surface area contributed by atoms with Gasteiger partial charge in [-0.05, 0) is 58.0 Å². The highest BCUT2D eigenvalue weighted by atomic mass is 35.5. The van der Waals surface area contributed by atoms with Crippen LogP contribution in [0.25, 0.3) is 0 Å². The van der Waals surface area contributed by atoms with E-state index in [1.807, 2.05) is 46.9 Å². The van der Waals surface area contributed by atoms with E-state index in [1.54, 1.807) is 0 Å². The Hall–Kier alpha value is -3.80. The van der Waals surface area contributed by atoms with Gasteiger partial charge in [0.15, 0.2) is 30.6 Å². The van der Waals surface area contributed by atoms with Crippen molar-refractivity contribution in [3.05, 3.63) is 76.2 Å². The lowest BCUT2D eigenvalue weighted by Gasteiger charge is -2.23.